The Bertz CT molecular complexity index is 480. The molecule has 22 heavy (non-hydrogen) atoms. The summed E-state index contributed by atoms with van der Waals surface area (Å²) >= 11 is 0. The Morgan fingerprint density at radius 2 is 2.00 bits per heavy atom. The third-order valence-corrected chi connectivity index (χ3v) is 6.06. The topological polar surface area (TPSA) is 37.3 Å². The molecule has 2 nitrogen and oxygen atoms in total. The number of fused-ring (bicyclic) bond motifs is 1. The normalized spacial score (nSPS) is 37.2. The number of allylic oxidation sites excluding steroid dienone is 3. The quantitative estimate of drug-likeness (QED) is 0.557. The van der Waals surface area contributed by atoms with Gasteiger partial charge in [0.15, 0.2) is 5.78 Å². The molecular weight excluding hydrogens is 272 g/mol. The van der Waals surface area contributed by atoms with Crippen LogP contribution < -0.4 is 0 Å². The minimum absolute atomic E-state index is 0.00924. The van der Waals surface area contributed by atoms with Crippen molar-refractivity contribution in [2.45, 2.75) is 78.2 Å². The fraction of sp³-hybridized carbons (Fsp3) is 0.750. The molecule has 0 unspecified atom stereocenters. The van der Waals surface area contributed by atoms with E-state index in [0.717, 1.165) is 44.1 Å². The molecule has 0 spiro atoms. The highest BCUT2D eigenvalue weighted by molar-refractivity contribution is 5.95. The maximum atomic E-state index is 12.5. The molecule has 2 rings (SSSR count). The summed E-state index contributed by atoms with van der Waals surface area (Å²) in [5.41, 5.74) is 1.53. The molecule has 2 aliphatic carbocycles. The molecular formula is C20H32O2. The maximum absolute atomic E-state index is 12.5. The second-order valence-electron chi connectivity index (χ2n) is 8.39. The highest BCUT2D eigenvalue weighted by Crippen LogP contribution is 2.55. The average molecular weight is 304 g/mol. The van der Waals surface area contributed by atoms with E-state index in [-0.39, 0.29) is 17.1 Å². The lowest BCUT2D eigenvalue weighted by atomic mass is 9.68. The van der Waals surface area contributed by atoms with Gasteiger partial charge in [0.1, 0.15) is 0 Å². The van der Waals surface area contributed by atoms with E-state index in [1.807, 2.05) is 13.8 Å². The molecule has 1 N–H and O–H groups in total. The minimum Gasteiger partial charge on any atom is -0.390 e. The van der Waals surface area contributed by atoms with Crippen molar-refractivity contribution in [2.24, 2.45) is 17.3 Å². The minimum atomic E-state index is -0.666. The van der Waals surface area contributed by atoms with Gasteiger partial charge in [0.2, 0.25) is 0 Å². The van der Waals surface area contributed by atoms with Gasteiger partial charge in [-0.25, -0.2) is 0 Å². The highest BCUT2D eigenvalue weighted by atomic mass is 16.3. The molecule has 0 aromatic carbocycles. The summed E-state index contributed by atoms with van der Waals surface area (Å²) in [4.78, 5) is 12.5. The Balaban J connectivity index is 2.32. The number of carbonyl (C=O) groups is 1. The Hall–Kier alpha value is -0.890. The number of aliphatic hydroxyl groups is 1. The average Bonchev–Trinajstić information content (AvgIpc) is 2.71. The van der Waals surface area contributed by atoms with E-state index in [0.29, 0.717) is 12.3 Å². The van der Waals surface area contributed by atoms with Crippen LogP contribution in [0.5, 0.6) is 0 Å². The Kier molecular flexibility index (Phi) is 5.01. The van der Waals surface area contributed by atoms with Crippen molar-refractivity contribution >= 4 is 5.78 Å². The molecule has 0 bridgehead atoms. The van der Waals surface area contributed by atoms with Crippen molar-refractivity contribution in [2.75, 3.05) is 0 Å². The molecule has 3 atom stereocenters. The first-order valence-electron chi connectivity index (χ1n) is 8.72. The fourth-order valence-corrected chi connectivity index (χ4v) is 4.58. The first kappa shape index (κ1) is 17.5. The van der Waals surface area contributed by atoms with Gasteiger partial charge in [-0.1, -0.05) is 25.2 Å². The first-order valence-corrected chi connectivity index (χ1v) is 8.72. The van der Waals surface area contributed by atoms with E-state index in [9.17, 15) is 9.90 Å². The fourth-order valence-electron chi connectivity index (χ4n) is 4.58. The lowest BCUT2D eigenvalue weighted by molar-refractivity contribution is -0.118. The van der Waals surface area contributed by atoms with Gasteiger partial charge in [-0.05, 0) is 82.1 Å². The molecule has 1 fully saturated rings. The summed E-state index contributed by atoms with van der Waals surface area (Å²) < 4.78 is 0. The van der Waals surface area contributed by atoms with Gasteiger partial charge in [0.05, 0.1) is 5.60 Å². The van der Waals surface area contributed by atoms with E-state index in [4.69, 9.17) is 0 Å². The molecule has 0 saturated heterocycles. The largest absolute Gasteiger partial charge is 0.390 e. The van der Waals surface area contributed by atoms with Crippen LogP contribution in [0.25, 0.3) is 0 Å². The van der Waals surface area contributed by atoms with Crippen molar-refractivity contribution in [3.05, 3.63) is 23.8 Å². The van der Waals surface area contributed by atoms with E-state index in [1.165, 1.54) is 5.57 Å². The van der Waals surface area contributed by atoms with Crippen LogP contribution in [0.1, 0.15) is 72.6 Å². The van der Waals surface area contributed by atoms with Gasteiger partial charge in [-0.3, -0.25) is 4.79 Å². The molecule has 2 aliphatic rings. The van der Waals surface area contributed by atoms with Crippen molar-refractivity contribution in [1.29, 1.82) is 0 Å². The second-order valence-corrected chi connectivity index (χ2v) is 8.39. The summed E-state index contributed by atoms with van der Waals surface area (Å²) in [7, 11) is 0. The number of hydrogen-bond donors (Lipinski definition) is 1. The van der Waals surface area contributed by atoms with Gasteiger partial charge in [0, 0.05) is 6.42 Å². The first-order chi connectivity index (χ1) is 10.1. The lowest BCUT2D eigenvalue weighted by Crippen LogP contribution is -2.38. The highest BCUT2D eigenvalue weighted by Gasteiger charge is 2.50. The molecule has 124 valence electrons. The van der Waals surface area contributed by atoms with E-state index < -0.39 is 5.60 Å². The van der Waals surface area contributed by atoms with Crippen LogP contribution in [0.2, 0.25) is 0 Å². The lowest BCUT2D eigenvalue weighted by Gasteiger charge is -2.38. The summed E-state index contributed by atoms with van der Waals surface area (Å²) in [6.45, 7) is 12.3. The van der Waals surface area contributed by atoms with Crippen LogP contribution in [0.3, 0.4) is 0 Å². The molecule has 2 heteroatoms. The van der Waals surface area contributed by atoms with Crippen molar-refractivity contribution in [3.8, 4) is 0 Å². The second kappa shape index (κ2) is 6.31. The standard InChI is InChI=1S/C20H32O2/c1-14-7-6-8-15(2)18(21)13-20(5)12-11-16(19(3,4)22)17(20)10-9-14/h7,16-17,22H,2,6,8-13H2,1,3-5H3/b14-7+/t16-,17+,20-/m1/s1. The molecule has 0 aromatic rings. The van der Waals surface area contributed by atoms with Gasteiger partial charge in [-0.2, -0.15) is 0 Å². The zero-order valence-electron chi connectivity index (χ0n) is 14.7. The Morgan fingerprint density at radius 3 is 2.64 bits per heavy atom. The van der Waals surface area contributed by atoms with E-state index in [1.54, 1.807) is 0 Å². The van der Waals surface area contributed by atoms with Crippen LogP contribution in [-0.2, 0) is 4.79 Å². The third kappa shape index (κ3) is 3.71. The summed E-state index contributed by atoms with van der Waals surface area (Å²) in [5.74, 6) is 0.926. The van der Waals surface area contributed by atoms with Crippen LogP contribution in [0.15, 0.2) is 23.8 Å². The number of carbonyl (C=O) groups excluding carboxylic acids is 1. The number of Topliss-reactive ketones (excluding diaryl/α,β-unsaturated/α-hetero) is 1. The summed E-state index contributed by atoms with van der Waals surface area (Å²) in [6, 6.07) is 0. The number of ketones is 1. The van der Waals surface area contributed by atoms with Gasteiger partial charge in [-0.15, -0.1) is 0 Å². The van der Waals surface area contributed by atoms with Gasteiger partial charge >= 0.3 is 0 Å². The van der Waals surface area contributed by atoms with E-state index in [2.05, 4.69) is 26.5 Å². The summed E-state index contributed by atoms with van der Waals surface area (Å²) in [5, 5.41) is 10.6. The van der Waals surface area contributed by atoms with Crippen LogP contribution in [0, 0.1) is 17.3 Å². The monoisotopic (exact) mass is 304 g/mol. The molecule has 0 aromatic heterocycles. The van der Waals surface area contributed by atoms with Crippen molar-refractivity contribution < 1.29 is 9.90 Å². The molecule has 0 amide bonds. The van der Waals surface area contributed by atoms with Crippen LogP contribution >= 0.6 is 0 Å². The summed E-state index contributed by atoms with van der Waals surface area (Å²) in [6.07, 6.45) is 8.78. The van der Waals surface area contributed by atoms with E-state index >= 15 is 0 Å². The molecule has 0 aliphatic heterocycles. The molecule has 0 heterocycles. The molecule has 1 saturated carbocycles. The van der Waals surface area contributed by atoms with Crippen LogP contribution in [0.4, 0.5) is 0 Å². The van der Waals surface area contributed by atoms with Gasteiger partial charge in [0.25, 0.3) is 0 Å². The van der Waals surface area contributed by atoms with Gasteiger partial charge < -0.3 is 5.11 Å². The molecule has 0 radical (unpaired) electrons. The number of hydrogen-bond acceptors (Lipinski definition) is 2. The Labute approximate surface area is 135 Å². The smallest absolute Gasteiger partial charge is 0.158 e. The predicted molar refractivity (Wildman–Crippen MR) is 91.6 cm³/mol. The van der Waals surface area contributed by atoms with Crippen LogP contribution in [-0.4, -0.2) is 16.5 Å². The number of rotatable bonds is 1. The van der Waals surface area contributed by atoms with Crippen molar-refractivity contribution in [3.63, 3.8) is 0 Å². The Morgan fingerprint density at radius 1 is 1.32 bits per heavy atom. The zero-order valence-corrected chi connectivity index (χ0v) is 14.7. The predicted octanol–water partition coefficient (Wildman–Crippen LogP) is 4.83. The van der Waals surface area contributed by atoms with Crippen molar-refractivity contribution in [1.82, 2.24) is 0 Å². The third-order valence-electron chi connectivity index (χ3n) is 6.06. The maximum Gasteiger partial charge on any atom is 0.158 e. The SMILES string of the molecule is C=C1CC/C=C(\C)CC[C@H]2[C@H](C(C)(C)O)CC[C@]2(C)CC1=O. The zero-order chi connectivity index (χ0) is 16.5.